The number of nitro benzene ring substituents is 1. The SMILES string of the molecule is CCOC(=O)N/N=C\c1ccc(Br)c([N+](=O)[O-])c1. The smallest absolute Gasteiger partial charge is 0.427 e. The van der Waals surface area contributed by atoms with Crippen LogP contribution in [0, 0.1) is 10.1 Å². The molecule has 0 atom stereocenters. The van der Waals surface area contributed by atoms with Crippen molar-refractivity contribution in [2.45, 2.75) is 6.92 Å². The minimum Gasteiger partial charge on any atom is -0.449 e. The normalized spacial score (nSPS) is 10.3. The van der Waals surface area contributed by atoms with Crippen molar-refractivity contribution < 1.29 is 14.5 Å². The van der Waals surface area contributed by atoms with Gasteiger partial charge in [-0.1, -0.05) is 6.07 Å². The van der Waals surface area contributed by atoms with E-state index in [1.807, 2.05) is 0 Å². The quantitative estimate of drug-likeness (QED) is 0.524. The lowest BCUT2D eigenvalue weighted by molar-refractivity contribution is -0.385. The molecule has 1 N–H and O–H groups in total. The summed E-state index contributed by atoms with van der Waals surface area (Å²) in [4.78, 5) is 21.1. The van der Waals surface area contributed by atoms with Crippen molar-refractivity contribution in [1.29, 1.82) is 0 Å². The molecule has 1 amide bonds. The van der Waals surface area contributed by atoms with Crippen molar-refractivity contribution in [1.82, 2.24) is 5.43 Å². The highest BCUT2D eigenvalue weighted by Gasteiger charge is 2.11. The number of hydrogen-bond acceptors (Lipinski definition) is 5. The average molecular weight is 316 g/mol. The number of hydrazone groups is 1. The molecule has 0 fully saturated rings. The molecular weight excluding hydrogens is 306 g/mol. The second kappa shape index (κ2) is 6.70. The zero-order valence-corrected chi connectivity index (χ0v) is 11.0. The van der Waals surface area contributed by atoms with Crippen molar-refractivity contribution in [2.75, 3.05) is 6.61 Å². The fourth-order valence-corrected chi connectivity index (χ4v) is 1.46. The first-order chi connectivity index (χ1) is 8.54. The molecule has 0 aliphatic rings. The van der Waals surface area contributed by atoms with E-state index < -0.39 is 11.0 Å². The summed E-state index contributed by atoms with van der Waals surface area (Å²) in [7, 11) is 0. The van der Waals surface area contributed by atoms with Gasteiger partial charge in [0.15, 0.2) is 0 Å². The molecule has 0 aliphatic heterocycles. The average Bonchev–Trinajstić information content (AvgIpc) is 2.31. The van der Waals surface area contributed by atoms with Crippen LogP contribution in [0.5, 0.6) is 0 Å². The summed E-state index contributed by atoms with van der Waals surface area (Å²) in [5.74, 6) is 0. The molecular formula is C10H10BrN3O4. The molecule has 0 aliphatic carbocycles. The third-order valence-electron chi connectivity index (χ3n) is 1.81. The van der Waals surface area contributed by atoms with E-state index in [2.05, 4.69) is 31.2 Å². The number of nitrogens with one attached hydrogen (secondary N) is 1. The zero-order chi connectivity index (χ0) is 13.5. The van der Waals surface area contributed by atoms with Crippen LogP contribution in [-0.2, 0) is 4.74 Å². The lowest BCUT2D eigenvalue weighted by Gasteiger charge is -1.99. The number of benzene rings is 1. The minimum absolute atomic E-state index is 0.0740. The Morgan fingerprint density at radius 1 is 1.67 bits per heavy atom. The molecule has 1 aromatic rings. The molecule has 0 unspecified atom stereocenters. The van der Waals surface area contributed by atoms with Gasteiger partial charge in [0.2, 0.25) is 0 Å². The van der Waals surface area contributed by atoms with E-state index in [1.165, 1.54) is 18.3 Å². The molecule has 0 saturated heterocycles. The molecule has 7 nitrogen and oxygen atoms in total. The number of amides is 1. The Bertz CT molecular complexity index is 490. The van der Waals surface area contributed by atoms with Gasteiger partial charge in [0.25, 0.3) is 5.69 Å². The molecule has 0 aromatic heterocycles. The number of carbonyl (C=O) groups is 1. The molecule has 0 heterocycles. The summed E-state index contributed by atoms with van der Waals surface area (Å²) in [5.41, 5.74) is 2.54. The van der Waals surface area contributed by atoms with Gasteiger partial charge in [0, 0.05) is 11.6 Å². The van der Waals surface area contributed by atoms with Crippen LogP contribution in [0.4, 0.5) is 10.5 Å². The molecule has 0 radical (unpaired) electrons. The fraction of sp³-hybridized carbons (Fsp3) is 0.200. The first kappa shape index (κ1) is 14.1. The van der Waals surface area contributed by atoms with Crippen molar-refractivity contribution >= 4 is 33.9 Å². The third kappa shape index (κ3) is 4.13. The number of halogens is 1. The van der Waals surface area contributed by atoms with Gasteiger partial charge in [0.05, 0.1) is 22.2 Å². The van der Waals surface area contributed by atoms with Crippen LogP contribution >= 0.6 is 15.9 Å². The Hall–Kier alpha value is -1.96. The lowest BCUT2D eigenvalue weighted by Crippen LogP contribution is -2.18. The number of hydrogen-bond donors (Lipinski definition) is 1. The summed E-state index contributed by atoms with van der Waals surface area (Å²) in [6.45, 7) is 1.91. The second-order valence-electron chi connectivity index (χ2n) is 3.06. The van der Waals surface area contributed by atoms with Crippen LogP contribution < -0.4 is 5.43 Å². The van der Waals surface area contributed by atoms with E-state index >= 15 is 0 Å². The van der Waals surface area contributed by atoms with Crippen LogP contribution in [0.2, 0.25) is 0 Å². The van der Waals surface area contributed by atoms with Gasteiger partial charge in [0.1, 0.15) is 0 Å². The molecule has 1 aromatic carbocycles. The standard InChI is InChI=1S/C10H10BrN3O4/c1-2-18-10(15)13-12-6-7-3-4-8(11)9(5-7)14(16)17/h3-6H,2H2,1H3,(H,13,15)/b12-6-. The molecule has 0 bridgehead atoms. The van der Waals surface area contributed by atoms with Gasteiger partial charge < -0.3 is 4.74 Å². The summed E-state index contributed by atoms with van der Waals surface area (Å²) in [6.07, 6.45) is 0.608. The lowest BCUT2D eigenvalue weighted by atomic mass is 10.2. The highest BCUT2D eigenvalue weighted by atomic mass is 79.9. The van der Waals surface area contributed by atoms with Gasteiger partial charge in [-0.05, 0) is 28.9 Å². The summed E-state index contributed by atoms with van der Waals surface area (Å²) >= 11 is 3.07. The van der Waals surface area contributed by atoms with Crippen LogP contribution in [0.1, 0.15) is 12.5 Å². The van der Waals surface area contributed by atoms with E-state index in [0.29, 0.717) is 10.0 Å². The first-order valence-electron chi connectivity index (χ1n) is 4.94. The summed E-state index contributed by atoms with van der Waals surface area (Å²) < 4.78 is 4.96. The number of nitro groups is 1. The van der Waals surface area contributed by atoms with Crippen LogP contribution in [0.15, 0.2) is 27.8 Å². The van der Waals surface area contributed by atoms with Gasteiger partial charge >= 0.3 is 6.09 Å². The maximum atomic E-state index is 10.9. The largest absolute Gasteiger partial charge is 0.449 e. The van der Waals surface area contributed by atoms with E-state index in [-0.39, 0.29) is 12.3 Å². The topological polar surface area (TPSA) is 93.8 Å². The first-order valence-corrected chi connectivity index (χ1v) is 5.73. The van der Waals surface area contributed by atoms with Crippen molar-refractivity contribution in [3.8, 4) is 0 Å². The molecule has 0 spiro atoms. The highest BCUT2D eigenvalue weighted by molar-refractivity contribution is 9.10. The van der Waals surface area contributed by atoms with Crippen molar-refractivity contribution in [2.24, 2.45) is 5.10 Å². The maximum Gasteiger partial charge on any atom is 0.427 e. The van der Waals surface area contributed by atoms with E-state index in [9.17, 15) is 14.9 Å². The Balaban J connectivity index is 2.73. The van der Waals surface area contributed by atoms with Crippen LogP contribution in [0.3, 0.4) is 0 Å². The molecule has 1 rings (SSSR count). The second-order valence-corrected chi connectivity index (χ2v) is 3.91. The van der Waals surface area contributed by atoms with Crippen molar-refractivity contribution in [3.63, 3.8) is 0 Å². The van der Waals surface area contributed by atoms with Crippen LogP contribution in [0.25, 0.3) is 0 Å². The number of rotatable bonds is 4. The monoisotopic (exact) mass is 315 g/mol. The van der Waals surface area contributed by atoms with Gasteiger partial charge in [-0.25, -0.2) is 10.2 Å². The third-order valence-corrected chi connectivity index (χ3v) is 2.48. The van der Waals surface area contributed by atoms with E-state index in [4.69, 9.17) is 0 Å². The number of nitrogens with zero attached hydrogens (tertiary/aromatic N) is 2. The fourth-order valence-electron chi connectivity index (χ4n) is 1.07. The predicted octanol–water partition coefficient (Wildman–Crippen LogP) is 2.44. The zero-order valence-electron chi connectivity index (χ0n) is 9.42. The van der Waals surface area contributed by atoms with Gasteiger partial charge in [-0.2, -0.15) is 5.10 Å². The number of ether oxygens (including phenoxy) is 1. The Labute approximate surface area is 111 Å². The van der Waals surface area contributed by atoms with Crippen LogP contribution in [-0.4, -0.2) is 23.8 Å². The molecule has 96 valence electrons. The summed E-state index contributed by atoms with van der Waals surface area (Å²) in [5, 5.41) is 14.3. The molecule has 8 heteroatoms. The van der Waals surface area contributed by atoms with Gasteiger partial charge in [-0.3, -0.25) is 10.1 Å². The number of carbonyl (C=O) groups excluding carboxylic acids is 1. The Morgan fingerprint density at radius 3 is 3.00 bits per heavy atom. The Kier molecular flexibility index (Phi) is 5.25. The Morgan fingerprint density at radius 2 is 2.39 bits per heavy atom. The summed E-state index contributed by atoms with van der Waals surface area (Å²) in [6, 6.07) is 4.48. The van der Waals surface area contributed by atoms with E-state index in [1.54, 1.807) is 13.0 Å². The predicted molar refractivity (Wildman–Crippen MR) is 68.5 cm³/mol. The molecule has 0 saturated carbocycles. The molecule has 18 heavy (non-hydrogen) atoms. The van der Waals surface area contributed by atoms with Crippen molar-refractivity contribution in [3.05, 3.63) is 38.3 Å². The highest BCUT2D eigenvalue weighted by Crippen LogP contribution is 2.24. The van der Waals surface area contributed by atoms with Gasteiger partial charge in [-0.15, -0.1) is 0 Å². The minimum atomic E-state index is -0.680. The van der Waals surface area contributed by atoms with E-state index in [0.717, 1.165) is 0 Å². The maximum absolute atomic E-state index is 10.9.